The van der Waals surface area contributed by atoms with Gasteiger partial charge >= 0.3 is 0 Å². The van der Waals surface area contributed by atoms with Crippen molar-refractivity contribution in [3.05, 3.63) is 0 Å². The number of hydrogen-bond acceptors (Lipinski definition) is 3. The lowest BCUT2D eigenvalue weighted by Gasteiger charge is -2.14. The molecule has 5 heteroatoms. The van der Waals surface area contributed by atoms with Crippen molar-refractivity contribution in [1.82, 2.24) is 10.6 Å². The average Bonchev–Trinajstić information content (AvgIpc) is 2.24. The zero-order valence-corrected chi connectivity index (χ0v) is 12.0. The largest absolute Gasteiger partial charge is 0.356 e. The lowest BCUT2D eigenvalue weighted by molar-refractivity contribution is -0.122. The van der Waals surface area contributed by atoms with E-state index in [9.17, 15) is 9.59 Å². The number of nitrogens with one attached hydrogen (secondary N) is 2. The Kier molecular flexibility index (Phi) is 8.04. The third-order valence-corrected chi connectivity index (χ3v) is 3.09. The Labute approximate surface area is 109 Å². The van der Waals surface area contributed by atoms with Gasteiger partial charge in [-0.05, 0) is 11.8 Å². The van der Waals surface area contributed by atoms with Crippen molar-refractivity contribution >= 4 is 24.4 Å². The maximum atomic E-state index is 11.5. The van der Waals surface area contributed by atoms with Crippen molar-refractivity contribution in [2.45, 2.75) is 39.4 Å². The Morgan fingerprint density at radius 1 is 1.12 bits per heavy atom. The quantitative estimate of drug-likeness (QED) is 0.603. The summed E-state index contributed by atoms with van der Waals surface area (Å²) < 4.78 is 0. The molecule has 100 valence electrons. The van der Waals surface area contributed by atoms with Gasteiger partial charge in [0.15, 0.2) is 0 Å². The molecular weight excluding hydrogens is 236 g/mol. The summed E-state index contributed by atoms with van der Waals surface area (Å²) in [5, 5.41) is 5.19. The molecular formula is C12H24N2O2S. The SMILES string of the molecule is CC(C)CNC(=O)CCNC(=O)C(S)C(C)C. The van der Waals surface area contributed by atoms with Gasteiger partial charge in [-0.1, -0.05) is 27.7 Å². The maximum Gasteiger partial charge on any atom is 0.233 e. The Hall–Kier alpha value is -0.710. The van der Waals surface area contributed by atoms with Gasteiger partial charge in [0.25, 0.3) is 0 Å². The van der Waals surface area contributed by atoms with E-state index >= 15 is 0 Å². The van der Waals surface area contributed by atoms with E-state index in [-0.39, 0.29) is 23.0 Å². The first kappa shape index (κ1) is 16.3. The van der Waals surface area contributed by atoms with Crippen LogP contribution in [0.5, 0.6) is 0 Å². The van der Waals surface area contributed by atoms with Crippen LogP contribution in [0.15, 0.2) is 0 Å². The van der Waals surface area contributed by atoms with Crippen LogP contribution in [0.4, 0.5) is 0 Å². The van der Waals surface area contributed by atoms with Crippen LogP contribution >= 0.6 is 12.6 Å². The molecule has 0 aromatic heterocycles. The molecule has 1 atom stereocenters. The first-order valence-corrected chi connectivity index (χ1v) is 6.58. The zero-order valence-electron chi connectivity index (χ0n) is 11.1. The van der Waals surface area contributed by atoms with E-state index in [2.05, 4.69) is 23.3 Å². The second-order valence-electron chi connectivity index (χ2n) is 4.93. The molecule has 0 radical (unpaired) electrons. The Morgan fingerprint density at radius 2 is 1.71 bits per heavy atom. The maximum absolute atomic E-state index is 11.5. The monoisotopic (exact) mass is 260 g/mol. The second kappa shape index (κ2) is 8.39. The highest BCUT2D eigenvalue weighted by Gasteiger charge is 2.17. The van der Waals surface area contributed by atoms with E-state index in [1.807, 2.05) is 27.7 Å². The normalized spacial score (nSPS) is 12.6. The molecule has 0 bridgehead atoms. The van der Waals surface area contributed by atoms with Crippen LogP contribution in [0.1, 0.15) is 34.1 Å². The summed E-state index contributed by atoms with van der Waals surface area (Å²) in [4.78, 5) is 22.9. The van der Waals surface area contributed by atoms with Gasteiger partial charge in [-0.3, -0.25) is 9.59 Å². The topological polar surface area (TPSA) is 58.2 Å². The van der Waals surface area contributed by atoms with E-state index in [0.717, 1.165) is 0 Å². The molecule has 2 amide bonds. The van der Waals surface area contributed by atoms with Crippen LogP contribution in [0.2, 0.25) is 0 Å². The molecule has 2 N–H and O–H groups in total. The van der Waals surface area contributed by atoms with E-state index in [1.54, 1.807) is 0 Å². The van der Waals surface area contributed by atoms with Crippen LogP contribution in [-0.4, -0.2) is 30.2 Å². The van der Waals surface area contributed by atoms with E-state index in [0.29, 0.717) is 25.4 Å². The molecule has 0 saturated heterocycles. The van der Waals surface area contributed by atoms with E-state index in [1.165, 1.54) is 0 Å². The third kappa shape index (κ3) is 8.07. The first-order valence-electron chi connectivity index (χ1n) is 6.07. The Bertz CT molecular complexity index is 255. The lowest BCUT2D eigenvalue weighted by Crippen LogP contribution is -2.37. The zero-order chi connectivity index (χ0) is 13.4. The number of rotatable bonds is 7. The molecule has 0 aromatic carbocycles. The fourth-order valence-electron chi connectivity index (χ4n) is 1.11. The third-order valence-electron chi connectivity index (χ3n) is 2.26. The van der Waals surface area contributed by atoms with Crippen molar-refractivity contribution in [2.75, 3.05) is 13.1 Å². The second-order valence-corrected chi connectivity index (χ2v) is 5.48. The highest BCUT2D eigenvalue weighted by Crippen LogP contribution is 2.08. The number of amides is 2. The smallest absolute Gasteiger partial charge is 0.233 e. The van der Waals surface area contributed by atoms with Crippen LogP contribution in [0.25, 0.3) is 0 Å². The van der Waals surface area contributed by atoms with Gasteiger partial charge in [0.05, 0.1) is 5.25 Å². The molecule has 0 heterocycles. The summed E-state index contributed by atoms with van der Waals surface area (Å²) >= 11 is 4.20. The highest BCUT2D eigenvalue weighted by molar-refractivity contribution is 7.81. The molecule has 0 aliphatic heterocycles. The van der Waals surface area contributed by atoms with Gasteiger partial charge in [0, 0.05) is 19.5 Å². The molecule has 4 nitrogen and oxygen atoms in total. The summed E-state index contributed by atoms with van der Waals surface area (Å²) in [5.74, 6) is 0.489. The average molecular weight is 260 g/mol. The van der Waals surface area contributed by atoms with Crippen molar-refractivity contribution in [1.29, 1.82) is 0 Å². The Morgan fingerprint density at radius 3 is 2.18 bits per heavy atom. The standard InChI is InChI=1S/C12H24N2O2S/c1-8(2)7-14-10(15)5-6-13-12(16)11(17)9(3)4/h8-9,11,17H,5-7H2,1-4H3,(H,13,16)(H,14,15). The minimum atomic E-state index is -0.311. The molecule has 0 spiro atoms. The number of hydrogen-bond donors (Lipinski definition) is 3. The van der Waals surface area contributed by atoms with Crippen LogP contribution in [-0.2, 0) is 9.59 Å². The predicted octanol–water partition coefficient (Wildman–Crippen LogP) is 1.22. The molecule has 0 saturated carbocycles. The lowest BCUT2D eigenvalue weighted by atomic mass is 10.1. The van der Waals surface area contributed by atoms with Gasteiger partial charge in [-0.25, -0.2) is 0 Å². The predicted molar refractivity (Wildman–Crippen MR) is 73.1 cm³/mol. The Balaban J connectivity index is 3.69. The molecule has 17 heavy (non-hydrogen) atoms. The van der Waals surface area contributed by atoms with Crippen LogP contribution < -0.4 is 10.6 Å². The number of carbonyl (C=O) groups excluding carboxylic acids is 2. The van der Waals surface area contributed by atoms with Gasteiger partial charge in [0.1, 0.15) is 0 Å². The van der Waals surface area contributed by atoms with Crippen LogP contribution in [0, 0.1) is 11.8 Å². The van der Waals surface area contributed by atoms with Gasteiger partial charge in [-0.15, -0.1) is 0 Å². The summed E-state index contributed by atoms with van der Waals surface area (Å²) in [6.07, 6.45) is 0.317. The summed E-state index contributed by atoms with van der Waals surface area (Å²) in [6.45, 7) is 8.99. The number of carbonyl (C=O) groups is 2. The molecule has 0 aliphatic rings. The molecule has 0 fully saturated rings. The van der Waals surface area contributed by atoms with Crippen molar-refractivity contribution < 1.29 is 9.59 Å². The van der Waals surface area contributed by atoms with Crippen molar-refractivity contribution in [3.63, 3.8) is 0 Å². The van der Waals surface area contributed by atoms with Crippen molar-refractivity contribution in [2.24, 2.45) is 11.8 Å². The van der Waals surface area contributed by atoms with Crippen molar-refractivity contribution in [3.8, 4) is 0 Å². The fourth-order valence-corrected chi connectivity index (χ4v) is 1.20. The summed E-state index contributed by atoms with van der Waals surface area (Å²) in [5.41, 5.74) is 0. The van der Waals surface area contributed by atoms with E-state index < -0.39 is 0 Å². The van der Waals surface area contributed by atoms with Gasteiger partial charge in [-0.2, -0.15) is 12.6 Å². The molecule has 0 aromatic rings. The van der Waals surface area contributed by atoms with E-state index in [4.69, 9.17) is 0 Å². The highest BCUT2D eigenvalue weighted by atomic mass is 32.1. The minimum Gasteiger partial charge on any atom is -0.356 e. The minimum absolute atomic E-state index is 0.0285. The molecule has 0 rings (SSSR count). The first-order chi connectivity index (χ1) is 7.84. The number of thiol groups is 1. The molecule has 1 unspecified atom stereocenters. The van der Waals surface area contributed by atoms with Gasteiger partial charge < -0.3 is 10.6 Å². The summed E-state index contributed by atoms with van der Waals surface area (Å²) in [6, 6.07) is 0. The molecule has 0 aliphatic carbocycles. The summed E-state index contributed by atoms with van der Waals surface area (Å²) in [7, 11) is 0. The van der Waals surface area contributed by atoms with Crippen LogP contribution in [0.3, 0.4) is 0 Å². The van der Waals surface area contributed by atoms with Gasteiger partial charge in [0.2, 0.25) is 11.8 Å². The fraction of sp³-hybridized carbons (Fsp3) is 0.833.